The van der Waals surface area contributed by atoms with Gasteiger partial charge in [-0.25, -0.2) is 4.68 Å². The van der Waals surface area contributed by atoms with E-state index in [4.69, 9.17) is 5.10 Å². The Bertz CT molecular complexity index is 833. The fourth-order valence-corrected chi connectivity index (χ4v) is 3.49. The summed E-state index contributed by atoms with van der Waals surface area (Å²) >= 11 is 0. The number of aryl methyl sites for hydroxylation is 1. The van der Waals surface area contributed by atoms with Crippen molar-refractivity contribution in [3.8, 4) is 5.69 Å². The number of anilines is 1. The van der Waals surface area contributed by atoms with Crippen LogP contribution in [-0.2, 0) is 13.0 Å². The first-order chi connectivity index (χ1) is 11.2. The molecule has 0 radical (unpaired) electrons. The lowest BCUT2D eigenvalue weighted by molar-refractivity contribution is 0.818. The van der Waals surface area contributed by atoms with Crippen LogP contribution in [0.4, 0.5) is 5.69 Å². The Morgan fingerprint density at radius 1 is 0.957 bits per heavy atom. The summed E-state index contributed by atoms with van der Waals surface area (Å²) in [7, 11) is 0. The largest absolute Gasteiger partial charge is 0.367 e. The van der Waals surface area contributed by atoms with Gasteiger partial charge in [-0.05, 0) is 44.0 Å². The van der Waals surface area contributed by atoms with Crippen molar-refractivity contribution in [3.05, 3.63) is 77.1 Å². The molecule has 0 N–H and O–H groups in total. The highest BCUT2D eigenvalue weighted by Gasteiger charge is 2.21. The van der Waals surface area contributed by atoms with Crippen LogP contribution in [0, 0.1) is 13.8 Å². The van der Waals surface area contributed by atoms with Gasteiger partial charge in [0.25, 0.3) is 0 Å². The first-order valence-electron chi connectivity index (χ1n) is 8.17. The Hall–Kier alpha value is -2.55. The van der Waals surface area contributed by atoms with E-state index in [1.54, 1.807) is 0 Å². The van der Waals surface area contributed by atoms with E-state index in [-0.39, 0.29) is 0 Å². The van der Waals surface area contributed by atoms with Crippen LogP contribution in [0.1, 0.15) is 22.5 Å². The molecule has 0 spiro atoms. The summed E-state index contributed by atoms with van der Waals surface area (Å²) in [6.45, 7) is 6.31. The molecule has 1 aliphatic rings. The second-order valence-electron chi connectivity index (χ2n) is 6.20. The summed E-state index contributed by atoms with van der Waals surface area (Å²) < 4.78 is 2.06. The molecule has 3 aromatic rings. The molecule has 0 unspecified atom stereocenters. The van der Waals surface area contributed by atoms with Crippen molar-refractivity contribution in [2.75, 3.05) is 11.4 Å². The number of aromatic nitrogens is 2. The Morgan fingerprint density at radius 3 is 2.52 bits per heavy atom. The number of para-hydroxylation sites is 2. The third kappa shape index (κ3) is 2.42. The van der Waals surface area contributed by atoms with E-state index in [9.17, 15) is 0 Å². The van der Waals surface area contributed by atoms with Gasteiger partial charge >= 0.3 is 0 Å². The van der Waals surface area contributed by atoms with Crippen molar-refractivity contribution in [2.45, 2.75) is 26.8 Å². The summed E-state index contributed by atoms with van der Waals surface area (Å²) in [5, 5.41) is 4.77. The topological polar surface area (TPSA) is 21.1 Å². The van der Waals surface area contributed by atoms with Gasteiger partial charge in [-0.3, -0.25) is 0 Å². The van der Waals surface area contributed by atoms with Crippen LogP contribution in [0.25, 0.3) is 5.69 Å². The van der Waals surface area contributed by atoms with Gasteiger partial charge in [0.1, 0.15) is 0 Å². The molecule has 0 fully saturated rings. The smallest absolute Gasteiger partial charge is 0.0650 e. The molecular weight excluding hydrogens is 282 g/mol. The van der Waals surface area contributed by atoms with Crippen LogP contribution < -0.4 is 4.90 Å². The summed E-state index contributed by atoms with van der Waals surface area (Å²) in [5.74, 6) is 0. The third-order valence-electron chi connectivity index (χ3n) is 4.77. The Labute approximate surface area is 137 Å². The molecule has 0 saturated carbocycles. The number of fused-ring (bicyclic) bond motifs is 1. The van der Waals surface area contributed by atoms with Gasteiger partial charge in [0.05, 0.1) is 11.4 Å². The Morgan fingerprint density at radius 2 is 1.70 bits per heavy atom. The van der Waals surface area contributed by atoms with Crippen molar-refractivity contribution in [3.63, 3.8) is 0 Å². The van der Waals surface area contributed by atoms with Gasteiger partial charge in [-0.2, -0.15) is 5.10 Å². The zero-order chi connectivity index (χ0) is 15.8. The first kappa shape index (κ1) is 14.1. The lowest BCUT2D eigenvalue weighted by Crippen LogP contribution is -2.20. The summed E-state index contributed by atoms with van der Waals surface area (Å²) in [6.07, 6.45) is 1.14. The number of hydrogen-bond acceptors (Lipinski definition) is 2. The molecule has 0 saturated heterocycles. The van der Waals surface area contributed by atoms with Crippen LogP contribution in [0.3, 0.4) is 0 Å². The van der Waals surface area contributed by atoms with Crippen LogP contribution in [0.2, 0.25) is 0 Å². The average molecular weight is 303 g/mol. The molecule has 3 heteroatoms. The van der Waals surface area contributed by atoms with E-state index < -0.39 is 0 Å². The maximum Gasteiger partial charge on any atom is 0.0650 e. The van der Waals surface area contributed by atoms with Crippen molar-refractivity contribution in [1.82, 2.24) is 9.78 Å². The van der Waals surface area contributed by atoms with Crippen LogP contribution in [0.15, 0.2) is 54.6 Å². The van der Waals surface area contributed by atoms with E-state index in [0.29, 0.717) is 0 Å². The molecule has 1 aromatic heterocycles. The van der Waals surface area contributed by atoms with E-state index in [1.807, 2.05) is 6.07 Å². The Balaban J connectivity index is 1.68. The van der Waals surface area contributed by atoms with Gasteiger partial charge in [-0.1, -0.05) is 36.4 Å². The van der Waals surface area contributed by atoms with E-state index in [2.05, 4.69) is 72.0 Å². The first-order valence-corrected chi connectivity index (χ1v) is 8.17. The fourth-order valence-electron chi connectivity index (χ4n) is 3.49. The second kappa shape index (κ2) is 5.58. The third-order valence-corrected chi connectivity index (χ3v) is 4.77. The Kier molecular flexibility index (Phi) is 3.41. The van der Waals surface area contributed by atoms with Crippen molar-refractivity contribution in [1.29, 1.82) is 0 Å². The summed E-state index contributed by atoms with van der Waals surface area (Å²) in [4.78, 5) is 2.47. The van der Waals surface area contributed by atoms with Gasteiger partial charge in [0.15, 0.2) is 0 Å². The molecule has 1 aliphatic heterocycles. The average Bonchev–Trinajstić information content (AvgIpc) is 3.12. The van der Waals surface area contributed by atoms with Gasteiger partial charge < -0.3 is 4.90 Å². The second-order valence-corrected chi connectivity index (χ2v) is 6.20. The quantitative estimate of drug-likeness (QED) is 0.728. The maximum atomic E-state index is 4.77. The molecule has 0 atom stereocenters. The molecule has 4 rings (SSSR count). The standard InChI is InChI=1S/C20H21N3/c1-15-19(14-22-13-12-17-8-6-7-11-20(17)22)16(2)23(21-15)18-9-4-3-5-10-18/h3-11H,12-14H2,1-2H3. The van der Waals surface area contributed by atoms with E-state index >= 15 is 0 Å². The zero-order valence-corrected chi connectivity index (χ0v) is 13.7. The fraction of sp³-hybridized carbons (Fsp3) is 0.250. The highest BCUT2D eigenvalue weighted by Crippen LogP contribution is 2.30. The molecule has 2 aromatic carbocycles. The molecule has 2 heterocycles. The molecule has 116 valence electrons. The van der Waals surface area contributed by atoms with Crippen molar-refractivity contribution < 1.29 is 0 Å². The van der Waals surface area contributed by atoms with Gasteiger partial charge in [0.2, 0.25) is 0 Å². The van der Waals surface area contributed by atoms with Crippen molar-refractivity contribution >= 4 is 5.69 Å². The lowest BCUT2D eigenvalue weighted by Gasteiger charge is -2.19. The minimum atomic E-state index is 0.932. The highest BCUT2D eigenvalue weighted by atomic mass is 15.3. The lowest BCUT2D eigenvalue weighted by atomic mass is 10.1. The van der Waals surface area contributed by atoms with E-state index in [0.717, 1.165) is 30.9 Å². The van der Waals surface area contributed by atoms with Crippen LogP contribution >= 0.6 is 0 Å². The minimum absolute atomic E-state index is 0.932. The van der Waals surface area contributed by atoms with Crippen LogP contribution in [-0.4, -0.2) is 16.3 Å². The van der Waals surface area contributed by atoms with Gasteiger partial charge in [0, 0.05) is 30.0 Å². The predicted octanol–water partition coefficient (Wildman–Crippen LogP) is 4.05. The minimum Gasteiger partial charge on any atom is -0.367 e. The summed E-state index contributed by atoms with van der Waals surface area (Å²) in [5.41, 5.74) is 7.65. The molecule has 0 amide bonds. The SMILES string of the molecule is Cc1nn(-c2ccccc2)c(C)c1CN1CCc2ccccc21. The predicted molar refractivity (Wildman–Crippen MR) is 94.2 cm³/mol. The molecule has 3 nitrogen and oxygen atoms in total. The number of benzene rings is 2. The molecule has 0 bridgehead atoms. The summed E-state index contributed by atoms with van der Waals surface area (Å²) in [6, 6.07) is 19.1. The zero-order valence-electron chi connectivity index (χ0n) is 13.7. The maximum absolute atomic E-state index is 4.77. The molecule has 23 heavy (non-hydrogen) atoms. The molecule has 0 aliphatic carbocycles. The van der Waals surface area contributed by atoms with E-state index in [1.165, 1.54) is 22.5 Å². The van der Waals surface area contributed by atoms with Gasteiger partial charge in [-0.15, -0.1) is 0 Å². The monoisotopic (exact) mass is 303 g/mol. The number of nitrogens with zero attached hydrogens (tertiary/aromatic N) is 3. The number of rotatable bonds is 3. The molecular formula is C20H21N3. The highest BCUT2D eigenvalue weighted by molar-refractivity contribution is 5.58. The normalized spacial score (nSPS) is 13.4. The van der Waals surface area contributed by atoms with Crippen LogP contribution in [0.5, 0.6) is 0 Å². The van der Waals surface area contributed by atoms with Crippen molar-refractivity contribution in [2.24, 2.45) is 0 Å². The number of hydrogen-bond donors (Lipinski definition) is 0.